The van der Waals surface area contributed by atoms with Crippen LogP contribution in [0.15, 0.2) is 35.3 Å². The fourth-order valence-electron chi connectivity index (χ4n) is 1.09. The molecule has 0 saturated heterocycles. The van der Waals surface area contributed by atoms with E-state index in [0.717, 1.165) is 19.4 Å². The average molecular weight is 251 g/mol. The van der Waals surface area contributed by atoms with Crippen LogP contribution < -0.4 is 0 Å². The molecule has 0 aliphatic carbocycles. The summed E-state index contributed by atoms with van der Waals surface area (Å²) in [6, 6.07) is 10.2. The molecular weight excluding hydrogens is 234 g/mol. The summed E-state index contributed by atoms with van der Waals surface area (Å²) < 4.78 is 0. The Balaban J connectivity index is 0.000000366. The molecule has 0 spiro atoms. The van der Waals surface area contributed by atoms with E-state index in [1.54, 1.807) is 0 Å². The molecule has 0 aromatic heterocycles. The van der Waals surface area contributed by atoms with Gasteiger partial charge in [-0.15, -0.1) is 0 Å². The molecule has 0 aliphatic heterocycles. The van der Waals surface area contributed by atoms with Crippen LogP contribution in [0.4, 0.5) is 0 Å². The Kier molecular flexibility index (Phi) is 10.0. The minimum Gasteiger partial charge on any atom is -0.481 e. The van der Waals surface area contributed by atoms with Crippen molar-refractivity contribution >= 4 is 23.3 Å². The lowest BCUT2D eigenvalue weighted by atomic mass is 10.2. The summed E-state index contributed by atoms with van der Waals surface area (Å²) in [5.41, 5.74) is 1.29. The standard InChI is InChI=1S/C9H9NS.C4H8O2/c11-8-10-7-6-9-4-2-1-3-5-9;1-2-3-4(5)6/h1-5H,6-7H2;2-3H2,1H3,(H,5,6). The second kappa shape index (κ2) is 11.0. The van der Waals surface area contributed by atoms with Gasteiger partial charge < -0.3 is 5.11 Å². The molecule has 0 unspecified atom stereocenters. The van der Waals surface area contributed by atoms with Crippen LogP contribution in [0.1, 0.15) is 25.3 Å². The van der Waals surface area contributed by atoms with Gasteiger partial charge in [0.15, 0.2) is 0 Å². The van der Waals surface area contributed by atoms with Crippen LogP contribution in [0, 0.1) is 0 Å². The molecule has 1 rings (SSSR count). The van der Waals surface area contributed by atoms with Crippen LogP contribution in [0.2, 0.25) is 0 Å². The molecule has 0 radical (unpaired) electrons. The van der Waals surface area contributed by atoms with Gasteiger partial charge in [0.1, 0.15) is 0 Å². The molecule has 0 heterocycles. The number of carboxylic acids is 1. The number of benzene rings is 1. The first-order chi connectivity index (χ1) is 8.20. The first kappa shape index (κ1) is 15.5. The van der Waals surface area contributed by atoms with Crippen LogP contribution in [-0.4, -0.2) is 22.8 Å². The van der Waals surface area contributed by atoms with E-state index in [4.69, 9.17) is 5.11 Å². The fraction of sp³-hybridized carbons (Fsp3) is 0.385. The fourth-order valence-corrected chi connectivity index (χ4v) is 1.18. The summed E-state index contributed by atoms with van der Waals surface area (Å²) in [5.74, 6) is -0.711. The molecular formula is C13H17NO2S. The van der Waals surface area contributed by atoms with Gasteiger partial charge in [0.05, 0.1) is 11.7 Å². The first-order valence-electron chi connectivity index (χ1n) is 5.50. The zero-order valence-corrected chi connectivity index (χ0v) is 10.7. The second-order valence-corrected chi connectivity index (χ2v) is 3.53. The summed E-state index contributed by atoms with van der Waals surface area (Å²) in [4.78, 5) is 13.4. The third kappa shape index (κ3) is 10.8. The molecule has 0 fully saturated rings. The molecule has 0 atom stereocenters. The van der Waals surface area contributed by atoms with Gasteiger partial charge in [0.25, 0.3) is 0 Å². The number of nitrogens with zero attached hydrogens (tertiary/aromatic N) is 1. The van der Waals surface area contributed by atoms with Crippen LogP contribution >= 0.6 is 12.2 Å². The minimum absolute atomic E-state index is 0.292. The lowest BCUT2D eigenvalue weighted by molar-refractivity contribution is -0.137. The third-order valence-corrected chi connectivity index (χ3v) is 2.01. The Morgan fingerprint density at radius 2 is 2.06 bits per heavy atom. The van der Waals surface area contributed by atoms with Gasteiger partial charge >= 0.3 is 5.97 Å². The summed E-state index contributed by atoms with van der Waals surface area (Å²) >= 11 is 4.45. The molecule has 4 heteroatoms. The van der Waals surface area contributed by atoms with Crippen LogP contribution in [0.3, 0.4) is 0 Å². The smallest absolute Gasteiger partial charge is 0.303 e. The Bertz CT molecular complexity index is 359. The Labute approximate surface area is 107 Å². The number of hydrogen-bond acceptors (Lipinski definition) is 3. The molecule has 0 amide bonds. The van der Waals surface area contributed by atoms with Gasteiger partial charge in [-0.2, -0.15) is 0 Å². The monoisotopic (exact) mass is 251 g/mol. The number of aliphatic carboxylic acids is 1. The number of carboxylic acid groups (broad SMARTS) is 1. The molecule has 0 bridgehead atoms. The summed E-state index contributed by atoms with van der Waals surface area (Å²) in [5, 5.41) is 10.3. The maximum atomic E-state index is 9.60. The number of hydrogen-bond donors (Lipinski definition) is 1. The van der Waals surface area contributed by atoms with Gasteiger partial charge in [0, 0.05) is 6.42 Å². The second-order valence-electron chi connectivity index (χ2n) is 3.35. The number of rotatable bonds is 5. The molecule has 3 nitrogen and oxygen atoms in total. The van der Waals surface area contributed by atoms with Crippen LogP contribution in [0.25, 0.3) is 0 Å². The lowest BCUT2D eigenvalue weighted by Gasteiger charge is -1.94. The molecule has 92 valence electrons. The van der Waals surface area contributed by atoms with E-state index in [1.165, 1.54) is 5.56 Å². The van der Waals surface area contributed by atoms with Crippen molar-refractivity contribution in [3.05, 3.63) is 35.9 Å². The van der Waals surface area contributed by atoms with E-state index in [9.17, 15) is 4.79 Å². The van der Waals surface area contributed by atoms with E-state index in [1.807, 2.05) is 25.1 Å². The number of aliphatic imine (C=N–C) groups is 1. The van der Waals surface area contributed by atoms with Crippen molar-refractivity contribution in [3.63, 3.8) is 0 Å². The van der Waals surface area contributed by atoms with Crippen molar-refractivity contribution in [2.24, 2.45) is 4.99 Å². The summed E-state index contributed by atoms with van der Waals surface area (Å²) in [6.07, 6.45) is 1.97. The van der Waals surface area contributed by atoms with Crippen molar-refractivity contribution < 1.29 is 9.90 Å². The van der Waals surface area contributed by atoms with E-state index < -0.39 is 5.97 Å². The highest BCUT2D eigenvalue weighted by molar-refractivity contribution is 7.78. The van der Waals surface area contributed by atoms with E-state index >= 15 is 0 Å². The Morgan fingerprint density at radius 1 is 1.41 bits per heavy atom. The highest BCUT2D eigenvalue weighted by atomic mass is 32.1. The molecule has 1 N–H and O–H groups in total. The minimum atomic E-state index is -0.711. The molecule has 17 heavy (non-hydrogen) atoms. The normalized spacial score (nSPS) is 8.53. The van der Waals surface area contributed by atoms with E-state index in [2.05, 4.69) is 34.5 Å². The van der Waals surface area contributed by atoms with Gasteiger partial charge in [0.2, 0.25) is 0 Å². The highest BCUT2D eigenvalue weighted by Gasteiger charge is 1.88. The predicted molar refractivity (Wildman–Crippen MR) is 72.6 cm³/mol. The maximum absolute atomic E-state index is 9.60. The molecule has 1 aromatic rings. The van der Waals surface area contributed by atoms with Gasteiger partial charge in [-0.3, -0.25) is 4.79 Å². The average Bonchev–Trinajstić information content (AvgIpc) is 2.31. The molecule has 0 aliphatic rings. The Hall–Kier alpha value is -1.51. The van der Waals surface area contributed by atoms with Gasteiger partial charge in [-0.1, -0.05) is 37.3 Å². The van der Waals surface area contributed by atoms with Gasteiger partial charge in [-0.05, 0) is 30.6 Å². The number of isothiocyanates is 1. The first-order valence-corrected chi connectivity index (χ1v) is 5.90. The van der Waals surface area contributed by atoms with Gasteiger partial charge in [-0.25, -0.2) is 4.99 Å². The van der Waals surface area contributed by atoms with Crippen molar-refractivity contribution in [1.29, 1.82) is 0 Å². The van der Waals surface area contributed by atoms with Crippen molar-refractivity contribution in [2.75, 3.05) is 6.54 Å². The van der Waals surface area contributed by atoms with Crippen molar-refractivity contribution in [1.82, 2.24) is 0 Å². The lowest BCUT2D eigenvalue weighted by Crippen LogP contribution is -1.90. The third-order valence-electron chi connectivity index (χ3n) is 1.88. The Morgan fingerprint density at radius 3 is 2.47 bits per heavy atom. The van der Waals surface area contributed by atoms with E-state index in [0.29, 0.717) is 6.42 Å². The largest absolute Gasteiger partial charge is 0.481 e. The zero-order valence-electron chi connectivity index (χ0n) is 9.93. The zero-order chi connectivity index (χ0) is 12.9. The maximum Gasteiger partial charge on any atom is 0.303 e. The molecule has 1 aromatic carbocycles. The quantitative estimate of drug-likeness (QED) is 0.645. The van der Waals surface area contributed by atoms with Crippen molar-refractivity contribution in [2.45, 2.75) is 26.2 Å². The van der Waals surface area contributed by atoms with Crippen molar-refractivity contribution in [3.8, 4) is 0 Å². The SMILES string of the molecule is CCCC(=O)O.S=C=NCCc1ccccc1. The van der Waals surface area contributed by atoms with Crippen LogP contribution in [0.5, 0.6) is 0 Å². The number of carbonyl (C=O) groups is 1. The highest BCUT2D eigenvalue weighted by Crippen LogP contribution is 1.98. The predicted octanol–water partition coefficient (Wildman–Crippen LogP) is 3.20. The number of thiocarbonyl (C=S) groups is 1. The summed E-state index contributed by atoms with van der Waals surface area (Å²) in [7, 11) is 0. The van der Waals surface area contributed by atoms with Crippen LogP contribution in [-0.2, 0) is 11.2 Å². The topological polar surface area (TPSA) is 49.7 Å². The molecule has 0 saturated carbocycles. The van der Waals surface area contributed by atoms with E-state index in [-0.39, 0.29) is 0 Å². The summed E-state index contributed by atoms with van der Waals surface area (Å²) in [6.45, 7) is 2.58.